The van der Waals surface area contributed by atoms with E-state index in [0.717, 1.165) is 17.3 Å². The van der Waals surface area contributed by atoms with E-state index in [1.54, 1.807) is 19.4 Å². The van der Waals surface area contributed by atoms with Crippen LogP contribution in [0.2, 0.25) is 0 Å². The van der Waals surface area contributed by atoms with Crippen molar-refractivity contribution < 1.29 is 18.3 Å². The number of rotatable bonds is 7. The summed E-state index contributed by atoms with van der Waals surface area (Å²) in [5.41, 5.74) is 2.93. The van der Waals surface area contributed by atoms with Gasteiger partial charge in [0, 0.05) is 50.1 Å². The number of halogens is 2. The Balaban J connectivity index is 1.82. The molecule has 0 spiro atoms. The molecule has 152 valence electrons. The molecule has 0 bridgehead atoms. The van der Waals surface area contributed by atoms with Crippen LogP contribution in [0.1, 0.15) is 11.3 Å². The molecule has 2 aromatic rings. The van der Waals surface area contributed by atoms with Gasteiger partial charge >= 0.3 is 0 Å². The van der Waals surface area contributed by atoms with Gasteiger partial charge in [-0.05, 0) is 18.2 Å². The maximum atomic E-state index is 14.0. The summed E-state index contributed by atoms with van der Waals surface area (Å²) in [7, 11) is 2.86. The van der Waals surface area contributed by atoms with Gasteiger partial charge in [0.25, 0.3) is 0 Å². The molecule has 0 atom stereocenters. The first-order chi connectivity index (χ1) is 14.0. The first-order valence-corrected chi connectivity index (χ1v) is 9.04. The van der Waals surface area contributed by atoms with Gasteiger partial charge in [-0.25, -0.2) is 23.7 Å². The minimum Gasteiger partial charge on any atom is -0.481 e. The first kappa shape index (κ1) is 20.6. The van der Waals surface area contributed by atoms with Crippen molar-refractivity contribution in [3.63, 3.8) is 0 Å². The fraction of sp³-hybridized carbons (Fsp3) is 0.286. The highest BCUT2D eigenvalue weighted by Gasteiger charge is 2.20. The Morgan fingerprint density at radius 3 is 2.83 bits per heavy atom. The van der Waals surface area contributed by atoms with E-state index in [1.807, 2.05) is 17.0 Å². The van der Waals surface area contributed by atoms with Crippen molar-refractivity contribution >= 4 is 0 Å². The van der Waals surface area contributed by atoms with Crippen LogP contribution in [0.3, 0.4) is 0 Å². The second-order valence-electron chi connectivity index (χ2n) is 6.36. The Morgan fingerprint density at radius 2 is 2.10 bits per heavy atom. The largest absolute Gasteiger partial charge is 0.481 e. The standard InChI is InChI=1S/C21H22F2N4O2/c1-4-15(10-16(22)17(23)13-28-2)27-9-8-18-14(12-27)11-24-21(26-18)19-6-5-7-20(25-19)29-3/h4-7,10-11H,1,8-9,12-13H2,2-3H3/b15-10+,17-16-. The molecule has 0 aromatic carbocycles. The molecule has 0 fully saturated rings. The third kappa shape index (κ3) is 4.83. The van der Waals surface area contributed by atoms with E-state index < -0.39 is 18.3 Å². The number of aromatic nitrogens is 3. The molecule has 0 unspecified atom stereocenters. The van der Waals surface area contributed by atoms with Gasteiger partial charge in [-0.15, -0.1) is 0 Å². The van der Waals surface area contributed by atoms with Crippen LogP contribution in [-0.2, 0) is 17.7 Å². The fourth-order valence-electron chi connectivity index (χ4n) is 3.00. The zero-order chi connectivity index (χ0) is 20.8. The number of hydrogen-bond acceptors (Lipinski definition) is 6. The van der Waals surface area contributed by atoms with Crippen LogP contribution in [0.25, 0.3) is 11.5 Å². The van der Waals surface area contributed by atoms with E-state index in [9.17, 15) is 8.78 Å². The molecule has 3 heterocycles. The predicted octanol–water partition coefficient (Wildman–Crippen LogP) is 3.77. The second kappa shape index (κ2) is 9.38. The van der Waals surface area contributed by atoms with E-state index in [-0.39, 0.29) is 0 Å². The number of nitrogens with zero attached hydrogens (tertiary/aromatic N) is 4. The summed E-state index contributed by atoms with van der Waals surface area (Å²) in [6.45, 7) is 4.36. The van der Waals surface area contributed by atoms with Gasteiger partial charge in [0.2, 0.25) is 5.88 Å². The zero-order valence-corrected chi connectivity index (χ0v) is 16.4. The maximum absolute atomic E-state index is 14.0. The van der Waals surface area contributed by atoms with Gasteiger partial charge in [0.1, 0.15) is 12.3 Å². The number of pyridine rings is 1. The Hall–Kier alpha value is -3.13. The summed E-state index contributed by atoms with van der Waals surface area (Å²) >= 11 is 0. The first-order valence-electron chi connectivity index (χ1n) is 9.04. The molecule has 0 amide bonds. The average Bonchev–Trinajstić information content (AvgIpc) is 2.76. The molecule has 0 aliphatic carbocycles. The monoisotopic (exact) mass is 400 g/mol. The number of fused-ring (bicyclic) bond motifs is 1. The Morgan fingerprint density at radius 1 is 1.28 bits per heavy atom. The van der Waals surface area contributed by atoms with E-state index in [0.29, 0.717) is 42.6 Å². The van der Waals surface area contributed by atoms with Crippen LogP contribution in [0.5, 0.6) is 5.88 Å². The summed E-state index contributed by atoms with van der Waals surface area (Å²) in [6, 6.07) is 5.41. The molecule has 8 heteroatoms. The van der Waals surface area contributed by atoms with Crippen LogP contribution in [0.15, 0.2) is 60.5 Å². The van der Waals surface area contributed by atoms with Crippen molar-refractivity contribution in [2.24, 2.45) is 0 Å². The molecule has 1 aliphatic heterocycles. The molecule has 0 saturated heterocycles. The van der Waals surface area contributed by atoms with Crippen molar-refractivity contribution in [3.8, 4) is 17.4 Å². The minimum atomic E-state index is -0.969. The topological polar surface area (TPSA) is 60.4 Å². The Labute approximate surface area is 168 Å². The summed E-state index contributed by atoms with van der Waals surface area (Å²) in [5, 5.41) is 0. The molecule has 29 heavy (non-hydrogen) atoms. The summed E-state index contributed by atoms with van der Waals surface area (Å²) in [4.78, 5) is 15.3. The SMILES string of the molecule is C=C/C(=C\C(F)=C(\F)COC)N1CCc2nc(-c3cccc(OC)n3)ncc2C1. The van der Waals surface area contributed by atoms with Crippen molar-refractivity contribution in [2.45, 2.75) is 13.0 Å². The Kier molecular flexibility index (Phi) is 6.66. The highest BCUT2D eigenvalue weighted by molar-refractivity contribution is 5.50. The van der Waals surface area contributed by atoms with Crippen molar-refractivity contribution in [1.29, 1.82) is 0 Å². The predicted molar refractivity (Wildman–Crippen MR) is 105 cm³/mol. The van der Waals surface area contributed by atoms with Gasteiger partial charge < -0.3 is 14.4 Å². The van der Waals surface area contributed by atoms with E-state index in [1.165, 1.54) is 13.2 Å². The lowest BCUT2D eigenvalue weighted by atomic mass is 10.1. The van der Waals surface area contributed by atoms with Gasteiger partial charge in [0.05, 0.1) is 12.8 Å². The van der Waals surface area contributed by atoms with E-state index in [2.05, 4.69) is 26.3 Å². The molecule has 0 radical (unpaired) electrons. The fourth-order valence-corrected chi connectivity index (χ4v) is 3.00. The zero-order valence-electron chi connectivity index (χ0n) is 16.4. The van der Waals surface area contributed by atoms with Crippen LogP contribution < -0.4 is 4.74 Å². The van der Waals surface area contributed by atoms with Gasteiger partial charge in [-0.1, -0.05) is 12.6 Å². The number of allylic oxidation sites excluding steroid dienone is 3. The summed E-state index contributed by atoms with van der Waals surface area (Å²) < 4.78 is 37.4. The quantitative estimate of drug-likeness (QED) is 0.660. The summed E-state index contributed by atoms with van der Waals surface area (Å²) in [5.74, 6) is -0.913. The van der Waals surface area contributed by atoms with Crippen molar-refractivity contribution in [2.75, 3.05) is 27.4 Å². The molecule has 3 rings (SSSR count). The molecule has 0 N–H and O–H groups in total. The average molecular weight is 400 g/mol. The molecular formula is C21H22F2N4O2. The molecule has 0 saturated carbocycles. The second-order valence-corrected chi connectivity index (χ2v) is 6.36. The van der Waals surface area contributed by atoms with Crippen LogP contribution in [0.4, 0.5) is 8.78 Å². The lowest BCUT2D eigenvalue weighted by molar-refractivity contribution is 0.202. The van der Waals surface area contributed by atoms with E-state index in [4.69, 9.17) is 4.74 Å². The van der Waals surface area contributed by atoms with Crippen molar-refractivity contribution in [3.05, 3.63) is 71.7 Å². The van der Waals surface area contributed by atoms with Crippen molar-refractivity contribution in [1.82, 2.24) is 19.9 Å². The Bertz CT molecular complexity index is 959. The van der Waals surface area contributed by atoms with E-state index >= 15 is 0 Å². The van der Waals surface area contributed by atoms with Gasteiger partial charge in [-0.2, -0.15) is 0 Å². The third-order valence-corrected chi connectivity index (χ3v) is 4.47. The number of ether oxygens (including phenoxy) is 2. The van der Waals surface area contributed by atoms with Gasteiger partial charge in [0.15, 0.2) is 17.5 Å². The highest BCUT2D eigenvalue weighted by Crippen LogP contribution is 2.25. The lowest BCUT2D eigenvalue weighted by Crippen LogP contribution is -2.30. The maximum Gasteiger partial charge on any atom is 0.213 e. The molecule has 6 nitrogen and oxygen atoms in total. The highest BCUT2D eigenvalue weighted by atomic mass is 19.2. The minimum absolute atomic E-state index is 0.412. The molecule has 2 aromatic heterocycles. The normalized spacial score (nSPS) is 14.9. The molecule has 1 aliphatic rings. The number of hydrogen-bond donors (Lipinski definition) is 0. The molecular weight excluding hydrogens is 378 g/mol. The van der Waals surface area contributed by atoms with Crippen LogP contribution >= 0.6 is 0 Å². The van der Waals surface area contributed by atoms with Gasteiger partial charge in [-0.3, -0.25) is 0 Å². The lowest BCUT2D eigenvalue weighted by Gasteiger charge is -2.30. The number of methoxy groups -OCH3 is 2. The van der Waals surface area contributed by atoms with Crippen LogP contribution in [-0.4, -0.2) is 47.2 Å². The smallest absolute Gasteiger partial charge is 0.213 e. The third-order valence-electron chi connectivity index (χ3n) is 4.47. The van der Waals surface area contributed by atoms with Crippen LogP contribution in [0, 0.1) is 0 Å². The summed E-state index contributed by atoms with van der Waals surface area (Å²) in [6.07, 6.45) is 5.00.